The van der Waals surface area contributed by atoms with Crippen LogP contribution in [0.1, 0.15) is 5.56 Å². The fraction of sp³-hybridized carbons (Fsp3) is 0.100. The van der Waals surface area contributed by atoms with Crippen LogP contribution < -0.4 is 4.74 Å². The maximum atomic E-state index is 12.8. The molecule has 30 heavy (non-hydrogen) atoms. The number of sulfonamides is 1. The molecule has 1 aliphatic heterocycles. The number of phenols is 1. The second-order valence-electron chi connectivity index (χ2n) is 6.05. The molecule has 2 aromatic carbocycles. The molecule has 0 bridgehead atoms. The summed E-state index contributed by atoms with van der Waals surface area (Å²) >= 11 is 4.21. The van der Waals surface area contributed by atoms with E-state index in [9.17, 15) is 18.3 Å². The highest BCUT2D eigenvalue weighted by Crippen LogP contribution is 2.35. The molecule has 1 amide bonds. The molecule has 10 heteroatoms. The van der Waals surface area contributed by atoms with Crippen molar-refractivity contribution < 1.29 is 23.1 Å². The average molecular weight is 509 g/mol. The number of halogens is 1. The molecule has 0 saturated carbocycles. The Kier molecular flexibility index (Phi) is 6.69. The summed E-state index contributed by atoms with van der Waals surface area (Å²) in [4.78, 5) is 14.4. The zero-order chi connectivity index (χ0) is 21.9. The summed E-state index contributed by atoms with van der Waals surface area (Å²) in [7, 11) is -2.59. The van der Waals surface area contributed by atoms with Gasteiger partial charge in [0.25, 0.3) is 15.9 Å². The standard InChI is InChI=1S/C20H17BrN2O5S2/c1-3-10-23-19(25)18(12-13-4-9-16(24)17(11-13)28-2)29-20(23)22-30(26,27)15-7-5-14(21)6-8-15/h3-9,11-12,24H,1,10H2,2H3. The van der Waals surface area contributed by atoms with Crippen molar-refractivity contribution in [3.8, 4) is 11.5 Å². The van der Waals surface area contributed by atoms with Gasteiger partial charge >= 0.3 is 0 Å². The normalized spacial score (nSPS) is 17.0. The Morgan fingerprint density at radius 2 is 1.97 bits per heavy atom. The van der Waals surface area contributed by atoms with Gasteiger partial charge in [0, 0.05) is 11.0 Å². The van der Waals surface area contributed by atoms with Crippen LogP contribution in [0.5, 0.6) is 11.5 Å². The molecular weight excluding hydrogens is 492 g/mol. The van der Waals surface area contributed by atoms with Gasteiger partial charge < -0.3 is 9.84 Å². The second kappa shape index (κ2) is 9.07. The molecule has 0 radical (unpaired) electrons. The van der Waals surface area contributed by atoms with Gasteiger partial charge in [-0.2, -0.15) is 8.42 Å². The van der Waals surface area contributed by atoms with Gasteiger partial charge in [-0.1, -0.05) is 28.1 Å². The molecule has 3 rings (SSSR count). The number of benzene rings is 2. The van der Waals surface area contributed by atoms with Crippen LogP contribution in [0.2, 0.25) is 0 Å². The fourth-order valence-corrected chi connectivity index (χ4v) is 5.02. The van der Waals surface area contributed by atoms with E-state index in [0.717, 1.165) is 16.2 Å². The van der Waals surface area contributed by atoms with Crippen molar-refractivity contribution >= 4 is 54.9 Å². The first-order valence-electron chi connectivity index (χ1n) is 8.55. The molecule has 0 aromatic heterocycles. The molecule has 2 aromatic rings. The van der Waals surface area contributed by atoms with Crippen molar-refractivity contribution in [2.45, 2.75) is 4.90 Å². The number of ether oxygens (including phenoxy) is 1. The van der Waals surface area contributed by atoms with Crippen LogP contribution in [-0.2, 0) is 14.8 Å². The third-order valence-electron chi connectivity index (χ3n) is 4.01. The third kappa shape index (κ3) is 4.77. The number of rotatable bonds is 6. The van der Waals surface area contributed by atoms with Gasteiger partial charge in [-0.15, -0.1) is 11.0 Å². The zero-order valence-electron chi connectivity index (χ0n) is 15.8. The van der Waals surface area contributed by atoms with Crippen molar-refractivity contribution in [3.63, 3.8) is 0 Å². The quantitative estimate of drug-likeness (QED) is 0.467. The summed E-state index contributed by atoms with van der Waals surface area (Å²) in [6, 6.07) is 10.7. The molecule has 1 fully saturated rings. The lowest BCUT2D eigenvalue weighted by molar-refractivity contribution is -0.121. The summed E-state index contributed by atoms with van der Waals surface area (Å²) in [5.41, 5.74) is 0.607. The predicted molar refractivity (Wildman–Crippen MR) is 121 cm³/mol. The van der Waals surface area contributed by atoms with Crippen LogP contribution in [0.25, 0.3) is 6.08 Å². The molecule has 0 aliphatic carbocycles. The molecule has 1 N–H and O–H groups in total. The highest BCUT2D eigenvalue weighted by molar-refractivity contribution is 9.10. The molecule has 1 heterocycles. The van der Waals surface area contributed by atoms with Gasteiger partial charge in [-0.25, -0.2) is 0 Å². The van der Waals surface area contributed by atoms with Crippen molar-refractivity contribution in [1.29, 1.82) is 0 Å². The number of amidine groups is 1. The van der Waals surface area contributed by atoms with E-state index in [1.54, 1.807) is 30.3 Å². The Hall–Kier alpha value is -2.56. The van der Waals surface area contributed by atoms with Crippen LogP contribution >= 0.6 is 27.7 Å². The molecular formula is C20H17BrN2O5S2. The van der Waals surface area contributed by atoms with Crippen LogP contribution in [0, 0.1) is 0 Å². The molecule has 0 atom stereocenters. The monoisotopic (exact) mass is 508 g/mol. The van der Waals surface area contributed by atoms with Crippen LogP contribution in [0.15, 0.2) is 73.8 Å². The van der Waals surface area contributed by atoms with Gasteiger partial charge in [0.2, 0.25) is 0 Å². The van der Waals surface area contributed by atoms with Crippen molar-refractivity contribution in [2.75, 3.05) is 13.7 Å². The Bertz CT molecular complexity index is 1160. The number of methoxy groups -OCH3 is 1. The first kappa shape index (κ1) is 22.1. The minimum atomic E-state index is -4.01. The van der Waals surface area contributed by atoms with Gasteiger partial charge in [-0.3, -0.25) is 9.69 Å². The Balaban J connectivity index is 1.99. The topological polar surface area (TPSA) is 96.3 Å². The molecule has 1 aliphatic rings. The van der Waals surface area contributed by atoms with E-state index < -0.39 is 15.9 Å². The summed E-state index contributed by atoms with van der Waals surface area (Å²) in [6.45, 7) is 3.73. The minimum Gasteiger partial charge on any atom is -0.504 e. The molecule has 7 nitrogen and oxygen atoms in total. The summed E-state index contributed by atoms with van der Waals surface area (Å²) in [5.74, 6) is -0.160. The number of amides is 1. The first-order chi connectivity index (χ1) is 14.2. The van der Waals surface area contributed by atoms with Gasteiger partial charge in [0.1, 0.15) is 0 Å². The smallest absolute Gasteiger partial charge is 0.284 e. The van der Waals surface area contributed by atoms with E-state index in [4.69, 9.17) is 4.74 Å². The number of aromatic hydroxyl groups is 1. The lowest BCUT2D eigenvalue weighted by Gasteiger charge is -2.12. The second-order valence-corrected chi connectivity index (χ2v) is 9.58. The molecule has 156 valence electrons. The van der Waals surface area contributed by atoms with Crippen LogP contribution in [-0.4, -0.2) is 43.2 Å². The predicted octanol–water partition coefficient (Wildman–Crippen LogP) is 4.01. The maximum absolute atomic E-state index is 12.8. The SMILES string of the molecule is C=CCN1C(=O)C(=Cc2ccc(O)c(OC)c2)SC1=NS(=O)(=O)c1ccc(Br)cc1. The number of carbonyl (C=O) groups excluding carboxylic acids is 1. The van der Waals surface area contributed by atoms with E-state index in [1.807, 2.05) is 0 Å². The van der Waals surface area contributed by atoms with Crippen LogP contribution in [0.3, 0.4) is 0 Å². The van der Waals surface area contributed by atoms with Gasteiger partial charge in [0.15, 0.2) is 16.7 Å². The van der Waals surface area contributed by atoms with Crippen molar-refractivity contribution in [1.82, 2.24) is 4.90 Å². The Morgan fingerprint density at radius 1 is 1.27 bits per heavy atom. The molecule has 0 spiro atoms. The highest BCUT2D eigenvalue weighted by Gasteiger charge is 2.34. The number of hydrogen-bond acceptors (Lipinski definition) is 6. The maximum Gasteiger partial charge on any atom is 0.284 e. The minimum absolute atomic E-state index is 0.0190. The van der Waals surface area contributed by atoms with Crippen molar-refractivity contribution in [2.24, 2.45) is 4.40 Å². The number of thioether (sulfide) groups is 1. The van der Waals surface area contributed by atoms with E-state index in [-0.39, 0.29) is 33.0 Å². The van der Waals surface area contributed by atoms with E-state index in [2.05, 4.69) is 26.9 Å². The van der Waals surface area contributed by atoms with Gasteiger partial charge in [-0.05, 0) is 59.8 Å². The highest BCUT2D eigenvalue weighted by atomic mass is 79.9. The number of carbonyl (C=O) groups is 1. The van der Waals surface area contributed by atoms with E-state index >= 15 is 0 Å². The molecule has 1 saturated heterocycles. The summed E-state index contributed by atoms with van der Waals surface area (Å²) < 4.78 is 35.1. The van der Waals surface area contributed by atoms with Gasteiger partial charge in [0.05, 0.1) is 16.9 Å². The summed E-state index contributed by atoms with van der Waals surface area (Å²) in [5, 5.41) is 9.77. The third-order valence-corrected chi connectivity index (χ3v) is 6.94. The fourth-order valence-electron chi connectivity index (χ4n) is 2.56. The number of hydrogen-bond donors (Lipinski definition) is 1. The zero-order valence-corrected chi connectivity index (χ0v) is 19.0. The largest absolute Gasteiger partial charge is 0.504 e. The summed E-state index contributed by atoms with van der Waals surface area (Å²) in [6.07, 6.45) is 3.08. The Labute approximate surface area is 186 Å². The number of phenolic OH excluding ortho intramolecular Hbond substituents is 1. The van der Waals surface area contributed by atoms with Crippen molar-refractivity contribution in [3.05, 3.63) is 70.1 Å². The van der Waals surface area contributed by atoms with E-state index in [0.29, 0.717) is 5.56 Å². The Morgan fingerprint density at radius 3 is 2.60 bits per heavy atom. The molecule has 0 unspecified atom stereocenters. The van der Waals surface area contributed by atoms with Crippen LogP contribution in [0.4, 0.5) is 0 Å². The lowest BCUT2D eigenvalue weighted by atomic mass is 10.2. The average Bonchev–Trinajstić information content (AvgIpc) is 2.98. The first-order valence-corrected chi connectivity index (χ1v) is 11.6. The lowest BCUT2D eigenvalue weighted by Crippen LogP contribution is -2.29. The number of nitrogens with zero attached hydrogens (tertiary/aromatic N) is 2. The van der Waals surface area contributed by atoms with E-state index in [1.165, 1.54) is 36.3 Å².